The second kappa shape index (κ2) is 7.07. The number of nitrogens with zero attached hydrogens (tertiary/aromatic N) is 3. The first-order valence-electron chi connectivity index (χ1n) is 8.44. The van der Waals surface area contributed by atoms with Crippen molar-refractivity contribution in [3.8, 4) is 0 Å². The quantitative estimate of drug-likeness (QED) is 0.836. The minimum Gasteiger partial charge on any atom is -0.341 e. The molecule has 0 saturated carbocycles. The molecule has 0 amide bonds. The summed E-state index contributed by atoms with van der Waals surface area (Å²) >= 11 is 0. The van der Waals surface area contributed by atoms with Gasteiger partial charge in [-0.15, -0.1) is 0 Å². The first-order chi connectivity index (χ1) is 11.9. The number of hydrogen-bond donors (Lipinski definition) is 0. The van der Waals surface area contributed by atoms with E-state index in [2.05, 4.69) is 21.8 Å². The summed E-state index contributed by atoms with van der Waals surface area (Å²) in [6.45, 7) is 3.55. The van der Waals surface area contributed by atoms with Crippen molar-refractivity contribution in [2.24, 2.45) is 0 Å². The van der Waals surface area contributed by atoms with Crippen LogP contribution in [0.1, 0.15) is 36.8 Å². The van der Waals surface area contributed by atoms with E-state index < -0.39 is 15.7 Å². The topological polar surface area (TPSA) is 63.2 Å². The number of halogens is 1. The molecule has 0 aliphatic carbocycles. The number of piperidine rings is 1. The fourth-order valence-electron chi connectivity index (χ4n) is 3.25. The molecule has 3 rings (SSSR count). The number of aryl methyl sites for hydroxylation is 1. The maximum absolute atomic E-state index is 13.5. The molecule has 0 bridgehead atoms. The summed E-state index contributed by atoms with van der Waals surface area (Å²) in [5.41, 5.74) is 1.81. The van der Waals surface area contributed by atoms with Gasteiger partial charge in [0.25, 0.3) is 0 Å². The second-order valence-electron chi connectivity index (χ2n) is 6.46. The van der Waals surface area contributed by atoms with Crippen molar-refractivity contribution >= 4 is 15.8 Å². The summed E-state index contributed by atoms with van der Waals surface area (Å²) in [5, 5.41) is 0. The van der Waals surface area contributed by atoms with E-state index in [0.29, 0.717) is 11.5 Å². The van der Waals surface area contributed by atoms with Crippen LogP contribution in [-0.2, 0) is 16.3 Å². The normalized spacial score (nSPS) is 16.2. The van der Waals surface area contributed by atoms with E-state index >= 15 is 0 Å². The van der Waals surface area contributed by atoms with Crippen LogP contribution in [0.25, 0.3) is 0 Å². The summed E-state index contributed by atoms with van der Waals surface area (Å²) in [5.74, 6) is 0.278. The first-order valence-corrected chi connectivity index (χ1v) is 10.3. The third-order valence-electron chi connectivity index (χ3n) is 4.69. The third kappa shape index (κ3) is 3.98. The summed E-state index contributed by atoms with van der Waals surface area (Å²) in [6.07, 6.45) is 7.29. The van der Waals surface area contributed by atoms with E-state index in [0.717, 1.165) is 50.2 Å². The van der Waals surface area contributed by atoms with Crippen LogP contribution in [0.4, 0.5) is 10.3 Å². The molecule has 0 unspecified atom stereocenters. The highest BCUT2D eigenvalue weighted by atomic mass is 32.2. The Morgan fingerprint density at radius 3 is 2.40 bits per heavy atom. The molecule has 25 heavy (non-hydrogen) atoms. The van der Waals surface area contributed by atoms with Crippen LogP contribution in [0.3, 0.4) is 0 Å². The van der Waals surface area contributed by atoms with Crippen molar-refractivity contribution in [1.82, 2.24) is 9.97 Å². The monoisotopic (exact) mass is 363 g/mol. The van der Waals surface area contributed by atoms with Crippen molar-refractivity contribution in [1.29, 1.82) is 0 Å². The van der Waals surface area contributed by atoms with Crippen molar-refractivity contribution in [2.75, 3.05) is 24.2 Å². The van der Waals surface area contributed by atoms with Gasteiger partial charge in [0.15, 0.2) is 9.84 Å². The fourth-order valence-corrected chi connectivity index (χ4v) is 4.24. The Morgan fingerprint density at radius 2 is 1.84 bits per heavy atom. The number of hydrogen-bond acceptors (Lipinski definition) is 5. The molecule has 0 radical (unpaired) electrons. The standard InChI is InChI=1S/C18H22FN3O2S/c1-3-13-11-20-18(21-12-13)22-8-6-14(7-9-22)16-5-4-15(19)10-17(16)25(2,23)24/h4-5,10-12,14H,3,6-9H2,1-2H3. The van der Waals surface area contributed by atoms with Crippen molar-refractivity contribution in [2.45, 2.75) is 37.0 Å². The molecule has 1 aromatic heterocycles. The molecule has 1 aromatic carbocycles. The number of anilines is 1. The minimum atomic E-state index is -3.46. The van der Waals surface area contributed by atoms with Gasteiger partial charge >= 0.3 is 0 Å². The molecule has 0 spiro atoms. The fraction of sp³-hybridized carbons (Fsp3) is 0.444. The summed E-state index contributed by atoms with van der Waals surface area (Å²) in [7, 11) is -3.46. The third-order valence-corrected chi connectivity index (χ3v) is 5.85. The molecule has 5 nitrogen and oxygen atoms in total. The molecular formula is C18H22FN3O2S. The van der Waals surface area contributed by atoms with Crippen LogP contribution in [-0.4, -0.2) is 37.7 Å². The zero-order valence-electron chi connectivity index (χ0n) is 14.4. The van der Waals surface area contributed by atoms with Crippen LogP contribution in [0.5, 0.6) is 0 Å². The van der Waals surface area contributed by atoms with Gasteiger partial charge in [-0.25, -0.2) is 22.8 Å². The summed E-state index contributed by atoms with van der Waals surface area (Å²) < 4.78 is 37.5. The Bertz CT molecular complexity index is 845. The van der Waals surface area contributed by atoms with Crippen LogP contribution in [0.2, 0.25) is 0 Å². The van der Waals surface area contributed by atoms with Gasteiger partial charge in [-0.2, -0.15) is 0 Å². The molecule has 0 atom stereocenters. The highest BCUT2D eigenvalue weighted by Gasteiger charge is 2.26. The van der Waals surface area contributed by atoms with Gasteiger partial charge in [-0.3, -0.25) is 0 Å². The highest BCUT2D eigenvalue weighted by molar-refractivity contribution is 7.90. The number of sulfone groups is 1. The lowest BCUT2D eigenvalue weighted by molar-refractivity contribution is 0.490. The smallest absolute Gasteiger partial charge is 0.225 e. The largest absolute Gasteiger partial charge is 0.341 e. The van der Waals surface area contributed by atoms with E-state index in [-0.39, 0.29) is 10.8 Å². The van der Waals surface area contributed by atoms with Crippen LogP contribution < -0.4 is 4.90 Å². The maximum Gasteiger partial charge on any atom is 0.225 e. The lowest BCUT2D eigenvalue weighted by atomic mass is 9.89. The van der Waals surface area contributed by atoms with Gasteiger partial charge < -0.3 is 4.90 Å². The van der Waals surface area contributed by atoms with Crippen molar-refractivity contribution < 1.29 is 12.8 Å². The molecule has 1 saturated heterocycles. The zero-order valence-corrected chi connectivity index (χ0v) is 15.3. The maximum atomic E-state index is 13.5. The second-order valence-corrected chi connectivity index (χ2v) is 8.44. The molecule has 1 aliphatic heterocycles. The number of benzene rings is 1. The van der Waals surface area contributed by atoms with E-state index in [1.54, 1.807) is 6.07 Å². The Balaban J connectivity index is 1.76. The van der Waals surface area contributed by atoms with E-state index in [9.17, 15) is 12.8 Å². The molecule has 2 heterocycles. The highest BCUT2D eigenvalue weighted by Crippen LogP contribution is 2.33. The molecule has 1 aliphatic rings. The van der Waals surface area contributed by atoms with Gasteiger partial charge in [0.05, 0.1) is 4.90 Å². The summed E-state index contributed by atoms with van der Waals surface area (Å²) in [4.78, 5) is 11.0. The van der Waals surface area contributed by atoms with E-state index in [1.807, 2.05) is 12.4 Å². The van der Waals surface area contributed by atoms with Crippen LogP contribution in [0, 0.1) is 5.82 Å². The molecule has 2 aromatic rings. The molecule has 0 N–H and O–H groups in total. The Labute approximate surface area is 147 Å². The zero-order chi connectivity index (χ0) is 18.0. The van der Waals surface area contributed by atoms with E-state index in [1.165, 1.54) is 6.07 Å². The lowest BCUT2D eigenvalue weighted by Gasteiger charge is -2.32. The minimum absolute atomic E-state index is 0.0940. The van der Waals surface area contributed by atoms with Gasteiger partial charge in [0.1, 0.15) is 5.82 Å². The molecule has 7 heteroatoms. The predicted octanol–water partition coefficient (Wildman–Crippen LogP) is 2.97. The van der Waals surface area contributed by atoms with Crippen molar-refractivity contribution in [3.05, 3.63) is 47.5 Å². The predicted molar refractivity (Wildman–Crippen MR) is 95.1 cm³/mol. The van der Waals surface area contributed by atoms with Crippen molar-refractivity contribution in [3.63, 3.8) is 0 Å². The van der Waals surface area contributed by atoms with E-state index in [4.69, 9.17) is 0 Å². The average molecular weight is 363 g/mol. The number of rotatable bonds is 4. The van der Waals surface area contributed by atoms with Gasteiger partial charge in [-0.1, -0.05) is 13.0 Å². The van der Waals surface area contributed by atoms with Gasteiger partial charge in [0.2, 0.25) is 5.95 Å². The molecule has 1 fully saturated rings. The Hall–Kier alpha value is -2.02. The molecule has 134 valence electrons. The first kappa shape index (κ1) is 17.8. The molecular weight excluding hydrogens is 341 g/mol. The van der Waals surface area contributed by atoms with Crippen LogP contribution in [0.15, 0.2) is 35.5 Å². The SMILES string of the molecule is CCc1cnc(N2CCC(c3ccc(F)cc3S(C)(=O)=O)CC2)nc1. The number of aromatic nitrogens is 2. The van der Waals surface area contributed by atoms with Gasteiger partial charge in [0, 0.05) is 31.7 Å². The average Bonchev–Trinajstić information content (AvgIpc) is 2.61. The van der Waals surface area contributed by atoms with Gasteiger partial charge in [-0.05, 0) is 48.4 Å². The Kier molecular flexibility index (Phi) is 5.03. The summed E-state index contributed by atoms with van der Waals surface area (Å²) in [6, 6.07) is 4.07. The Morgan fingerprint density at radius 1 is 1.20 bits per heavy atom. The lowest BCUT2D eigenvalue weighted by Crippen LogP contribution is -2.34. The van der Waals surface area contributed by atoms with Crippen LogP contribution >= 0.6 is 0 Å².